The number of benzene rings is 1. The van der Waals surface area contributed by atoms with Crippen LogP contribution in [0.3, 0.4) is 0 Å². The smallest absolute Gasteiger partial charge is 0.256 e. The van der Waals surface area contributed by atoms with E-state index < -0.39 is 0 Å². The zero-order chi connectivity index (χ0) is 14.9. The van der Waals surface area contributed by atoms with Gasteiger partial charge in [-0.25, -0.2) is 4.98 Å². The third kappa shape index (κ3) is 2.42. The number of H-pyrrole nitrogens is 1. The molecule has 6 nitrogen and oxygen atoms in total. The summed E-state index contributed by atoms with van der Waals surface area (Å²) in [7, 11) is 2.99. The predicted molar refractivity (Wildman–Crippen MR) is 77.6 cm³/mol. The summed E-state index contributed by atoms with van der Waals surface area (Å²) in [6.45, 7) is 1.60. The number of halogens is 1. The first-order valence-corrected chi connectivity index (χ1v) is 6.14. The zero-order valence-corrected chi connectivity index (χ0v) is 12.0. The second-order valence-electron chi connectivity index (χ2n) is 4.12. The van der Waals surface area contributed by atoms with Crippen LogP contribution in [-0.2, 0) is 0 Å². The minimum absolute atomic E-state index is 0.176. The van der Waals surface area contributed by atoms with E-state index in [0.717, 1.165) is 0 Å². The maximum Gasteiger partial charge on any atom is 0.256 e. The summed E-state index contributed by atoms with van der Waals surface area (Å²) < 4.78 is 10.4. The highest BCUT2D eigenvalue weighted by Gasteiger charge is 2.14. The number of anilines is 1. The third-order valence-corrected chi connectivity index (χ3v) is 3.18. The average Bonchev–Trinajstić information content (AvgIpc) is 2.43. The van der Waals surface area contributed by atoms with Gasteiger partial charge in [-0.15, -0.1) is 0 Å². The van der Waals surface area contributed by atoms with E-state index in [1.54, 1.807) is 19.1 Å². The molecule has 0 bridgehead atoms. The van der Waals surface area contributed by atoms with E-state index in [-0.39, 0.29) is 11.4 Å². The summed E-state index contributed by atoms with van der Waals surface area (Å²) in [6, 6.07) is 3.29. The Morgan fingerprint density at radius 1 is 1.30 bits per heavy atom. The fourth-order valence-corrected chi connectivity index (χ4v) is 2.03. The van der Waals surface area contributed by atoms with E-state index in [9.17, 15) is 4.79 Å². The number of aromatic nitrogens is 2. The third-order valence-electron chi connectivity index (χ3n) is 2.90. The lowest BCUT2D eigenvalue weighted by molar-refractivity contribution is 0.355. The summed E-state index contributed by atoms with van der Waals surface area (Å²) in [5.41, 5.74) is 6.37. The summed E-state index contributed by atoms with van der Waals surface area (Å²) in [5, 5.41) is 0.351. The van der Waals surface area contributed by atoms with Crippen LogP contribution >= 0.6 is 11.6 Å². The highest BCUT2D eigenvalue weighted by Crippen LogP contribution is 2.38. The Morgan fingerprint density at radius 3 is 2.55 bits per heavy atom. The number of hydrogen-bond acceptors (Lipinski definition) is 5. The normalized spacial score (nSPS) is 10.4. The molecule has 0 amide bonds. The lowest BCUT2D eigenvalue weighted by atomic mass is 10.1. The number of ether oxygens (including phenoxy) is 2. The fourth-order valence-electron chi connectivity index (χ4n) is 1.74. The van der Waals surface area contributed by atoms with Gasteiger partial charge in [0.1, 0.15) is 11.6 Å². The Hall–Kier alpha value is -2.21. The van der Waals surface area contributed by atoms with Gasteiger partial charge < -0.3 is 20.2 Å². The average molecular weight is 296 g/mol. The molecule has 0 aliphatic rings. The molecule has 0 aliphatic carbocycles. The Labute approximate surface area is 120 Å². The van der Waals surface area contributed by atoms with Crippen LogP contribution in [0.5, 0.6) is 11.5 Å². The van der Waals surface area contributed by atoms with Gasteiger partial charge in [0.15, 0.2) is 11.5 Å². The molecule has 3 N–H and O–H groups in total. The van der Waals surface area contributed by atoms with Gasteiger partial charge in [-0.3, -0.25) is 4.79 Å². The van der Waals surface area contributed by atoms with Gasteiger partial charge in [0, 0.05) is 5.56 Å². The van der Waals surface area contributed by atoms with Crippen LogP contribution < -0.4 is 20.8 Å². The SMILES string of the molecule is COc1cc(-c2nc(N)c(C)c(=O)[nH]2)cc(Cl)c1OC. The molecule has 0 radical (unpaired) electrons. The standard InChI is InChI=1S/C13H14ClN3O3/c1-6-11(15)16-12(17-13(6)18)7-4-8(14)10(20-3)9(5-7)19-2/h4-5H,1-3H3,(H3,15,16,17,18). The van der Waals surface area contributed by atoms with Crippen molar-refractivity contribution in [2.24, 2.45) is 0 Å². The molecule has 2 rings (SSSR count). The number of nitrogen functional groups attached to an aromatic ring is 1. The molecule has 0 atom stereocenters. The first kappa shape index (κ1) is 14.2. The minimum Gasteiger partial charge on any atom is -0.493 e. The predicted octanol–water partition coefficient (Wildman–Crippen LogP) is 2.00. The fraction of sp³-hybridized carbons (Fsp3) is 0.231. The van der Waals surface area contributed by atoms with Crippen molar-refractivity contribution in [3.8, 4) is 22.9 Å². The van der Waals surface area contributed by atoms with Crippen molar-refractivity contribution < 1.29 is 9.47 Å². The van der Waals surface area contributed by atoms with Gasteiger partial charge in [0.25, 0.3) is 5.56 Å². The lowest BCUT2D eigenvalue weighted by Crippen LogP contribution is -2.15. The lowest BCUT2D eigenvalue weighted by Gasteiger charge is -2.11. The largest absolute Gasteiger partial charge is 0.493 e. The number of nitrogens with zero attached hydrogens (tertiary/aromatic N) is 1. The number of hydrogen-bond donors (Lipinski definition) is 2. The van der Waals surface area contributed by atoms with Crippen molar-refractivity contribution in [2.75, 3.05) is 20.0 Å². The van der Waals surface area contributed by atoms with Crippen LogP contribution in [-0.4, -0.2) is 24.2 Å². The first-order valence-electron chi connectivity index (χ1n) is 5.76. The molecule has 2 aromatic rings. The highest BCUT2D eigenvalue weighted by molar-refractivity contribution is 6.32. The zero-order valence-electron chi connectivity index (χ0n) is 11.3. The van der Waals surface area contributed by atoms with E-state index >= 15 is 0 Å². The molecule has 0 fully saturated rings. The Morgan fingerprint density at radius 2 is 2.00 bits per heavy atom. The summed E-state index contributed by atoms with van der Waals surface area (Å²) in [6.07, 6.45) is 0. The van der Waals surface area contributed by atoms with E-state index in [0.29, 0.717) is 33.5 Å². The number of rotatable bonds is 3. The first-order chi connectivity index (χ1) is 9.47. The molecule has 1 aromatic heterocycles. The van der Waals surface area contributed by atoms with Gasteiger partial charge in [-0.2, -0.15) is 0 Å². The molecule has 7 heteroatoms. The van der Waals surface area contributed by atoms with Crippen molar-refractivity contribution in [3.05, 3.63) is 33.1 Å². The minimum atomic E-state index is -0.293. The van der Waals surface area contributed by atoms with Gasteiger partial charge in [-0.05, 0) is 19.1 Å². The van der Waals surface area contributed by atoms with E-state index in [1.807, 2.05) is 0 Å². The number of nitrogens with two attached hydrogens (primary N) is 1. The summed E-state index contributed by atoms with van der Waals surface area (Å²) >= 11 is 6.12. The molecular weight excluding hydrogens is 282 g/mol. The van der Waals surface area contributed by atoms with Crippen molar-refractivity contribution in [2.45, 2.75) is 6.92 Å². The Kier molecular flexibility index (Phi) is 3.85. The summed E-state index contributed by atoms with van der Waals surface area (Å²) in [4.78, 5) is 18.5. The molecule has 106 valence electrons. The summed E-state index contributed by atoms with van der Waals surface area (Å²) in [5.74, 6) is 1.35. The monoisotopic (exact) mass is 295 g/mol. The molecule has 20 heavy (non-hydrogen) atoms. The van der Waals surface area contributed by atoms with Crippen molar-refractivity contribution >= 4 is 17.4 Å². The topological polar surface area (TPSA) is 90.2 Å². The van der Waals surface area contributed by atoms with Gasteiger partial charge >= 0.3 is 0 Å². The second kappa shape index (κ2) is 5.42. The molecule has 0 unspecified atom stereocenters. The van der Waals surface area contributed by atoms with Crippen molar-refractivity contribution in [1.29, 1.82) is 0 Å². The number of methoxy groups -OCH3 is 2. The van der Waals surface area contributed by atoms with Crippen LogP contribution in [0.2, 0.25) is 5.02 Å². The Bertz CT molecular complexity index is 713. The van der Waals surface area contributed by atoms with Crippen LogP contribution in [0, 0.1) is 6.92 Å². The molecule has 0 spiro atoms. The van der Waals surface area contributed by atoms with Crippen LogP contribution in [0.25, 0.3) is 11.4 Å². The Balaban J connectivity index is 2.65. The maximum absolute atomic E-state index is 11.7. The molecular formula is C13H14ClN3O3. The van der Waals surface area contributed by atoms with E-state index in [1.165, 1.54) is 14.2 Å². The van der Waals surface area contributed by atoms with Crippen LogP contribution in [0.4, 0.5) is 5.82 Å². The number of nitrogens with one attached hydrogen (secondary N) is 1. The van der Waals surface area contributed by atoms with E-state index in [2.05, 4.69) is 9.97 Å². The maximum atomic E-state index is 11.7. The number of aromatic amines is 1. The van der Waals surface area contributed by atoms with Crippen molar-refractivity contribution in [1.82, 2.24) is 9.97 Å². The van der Waals surface area contributed by atoms with Gasteiger partial charge in [0.2, 0.25) is 0 Å². The second-order valence-corrected chi connectivity index (χ2v) is 4.53. The van der Waals surface area contributed by atoms with E-state index in [4.69, 9.17) is 26.8 Å². The quantitative estimate of drug-likeness (QED) is 0.904. The van der Waals surface area contributed by atoms with Gasteiger partial charge in [0.05, 0.1) is 24.8 Å². The molecule has 0 saturated carbocycles. The highest BCUT2D eigenvalue weighted by atomic mass is 35.5. The van der Waals surface area contributed by atoms with Crippen LogP contribution in [0.15, 0.2) is 16.9 Å². The van der Waals surface area contributed by atoms with Crippen LogP contribution in [0.1, 0.15) is 5.56 Å². The van der Waals surface area contributed by atoms with Crippen molar-refractivity contribution in [3.63, 3.8) is 0 Å². The molecule has 0 saturated heterocycles. The molecule has 1 aromatic carbocycles. The van der Waals surface area contributed by atoms with Gasteiger partial charge in [-0.1, -0.05) is 11.6 Å². The molecule has 0 aliphatic heterocycles. The molecule has 1 heterocycles.